The Morgan fingerprint density at radius 3 is 2.59 bits per heavy atom. The van der Waals surface area contributed by atoms with Gasteiger partial charge in [0.25, 0.3) is 0 Å². The molecule has 1 saturated heterocycles. The van der Waals surface area contributed by atoms with Gasteiger partial charge in [-0.15, -0.1) is 5.10 Å². The molecular weight excluding hydrogens is 404 g/mol. The van der Waals surface area contributed by atoms with Crippen molar-refractivity contribution in [2.75, 3.05) is 13.2 Å². The molecule has 7 nitrogen and oxygen atoms in total. The predicted octanol–water partition coefficient (Wildman–Crippen LogP) is 3.85. The number of piperidine rings is 1. The average molecular weight is 435 g/mol. The summed E-state index contributed by atoms with van der Waals surface area (Å²) in [4.78, 5) is 14.8. The number of hydrogen-bond donors (Lipinski definition) is 0. The molecule has 7 heteroatoms. The number of carbonyl (C=O) groups is 1. The SMILES string of the molecule is O=C(COCc1ccccc1)N1CCCCC1CCn1cc(COc2ccccc2)nn1. The second-order valence-electron chi connectivity index (χ2n) is 8.08. The average Bonchev–Trinajstić information content (AvgIpc) is 3.31. The van der Waals surface area contributed by atoms with Crippen molar-refractivity contribution in [3.05, 3.63) is 78.1 Å². The van der Waals surface area contributed by atoms with E-state index in [9.17, 15) is 4.79 Å². The summed E-state index contributed by atoms with van der Waals surface area (Å²) < 4.78 is 13.3. The maximum absolute atomic E-state index is 12.8. The van der Waals surface area contributed by atoms with E-state index in [2.05, 4.69) is 10.3 Å². The fourth-order valence-electron chi connectivity index (χ4n) is 4.01. The highest BCUT2D eigenvalue weighted by atomic mass is 16.5. The molecule has 2 aromatic carbocycles. The summed E-state index contributed by atoms with van der Waals surface area (Å²) >= 11 is 0. The largest absolute Gasteiger partial charge is 0.487 e. The van der Waals surface area contributed by atoms with Gasteiger partial charge in [-0.2, -0.15) is 0 Å². The molecule has 168 valence electrons. The molecule has 4 rings (SSSR count). The summed E-state index contributed by atoms with van der Waals surface area (Å²) in [7, 11) is 0. The first-order chi connectivity index (χ1) is 15.8. The van der Waals surface area contributed by atoms with E-state index in [1.165, 1.54) is 0 Å². The summed E-state index contributed by atoms with van der Waals surface area (Å²) in [6, 6.07) is 19.8. The predicted molar refractivity (Wildman–Crippen MR) is 121 cm³/mol. The molecule has 1 aromatic heterocycles. The van der Waals surface area contributed by atoms with Gasteiger partial charge in [0, 0.05) is 19.1 Å². The number of amides is 1. The van der Waals surface area contributed by atoms with Crippen molar-refractivity contribution in [1.29, 1.82) is 0 Å². The Kier molecular flexibility index (Phi) is 7.87. The van der Waals surface area contributed by atoms with Crippen LogP contribution >= 0.6 is 0 Å². The molecule has 0 saturated carbocycles. The number of benzene rings is 2. The number of hydrogen-bond acceptors (Lipinski definition) is 5. The topological polar surface area (TPSA) is 69.5 Å². The fraction of sp³-hybridized carbons (Fsp3) is 0.400. The smallest absolute Gasteiger partial charge is 0.248 e. The molecule has 0 N–H and O–H groups in total. The third-order valence-corrected chi connectivity index (χ3v) is 5.69. The van der Waals surface area contributed by atoms with E-state index in [1.807, 2.05) is 76.4 Å². The fourth-order valence-corrected chi connectivity index (χ4v) is 4.01. The van der Waals surface area contributed by atoms with Crippen LogP contribution in [0.15, 0.2) is 66.9 Å². The molecule has 1 unspecified atom stereocenters. The summed E-state index contributed by atoms with van der Waals surface area (Å²) in [6.45, 7) is 2.48. The first-order valence-electron chi connectivity index (χ1n) is 11.3. The second-order valence-corrected chi connectivity index (χ2v) is 8.08. The van der Waals surface area contributed by atoms with Crippen molar-refractivity contribution >= 4 is 5.91 Å². The maximum atomic E-state index is 12.8. The van der Waals surface area contributed by atoms with Gasteiger partial charge in [-0.1, -0.05) is 53.7 Å². The summed E-state index contributed by atoms with van der Waals surface area (Å²) in [6.07, 6.45) is 5.98. The van der Waals surface area contributed by atoms with Crippen molar-refractivity contribution < 1.29 is 14.3 Å². The van der Waals surface area contributed by atoms with Gasteiger partial charge >= 0.3 is 0 Å². The monoisotopic (exact) mass is 434 g/mol. The summed E-state index contributed by atoms with van der Waals surface area (Å²) in [5, 5.41) is 8.43. The Balaban J connectivity index is 1.23. The lowest BCUT2D eigenvalue weighted by molar-refractivity contribution is -0.140. The lowest BCUT2D eigenvalue weighted by Crippen LogP contribution is -2.45. The van der Waals surface area contributed by atoms with Crippen LogP contribution in [0.5, 0.6) is 5.75 Å². The van der Waals surface area contributed by atoms with Crippen molar-refractivity contribution in [2.45, 2.75) is 51.5 Å². The van der Waals surface area contributed by atoms with Crippen LogP contribution in [0.25, 0.3) is 0 Å². The third-order valence-electron chi connectivity index (χ3n) is 5.69. The zero-order valence-electron chi connectivity index (χ0n) is 18.3. The molecule has 0 aliphatic carbocycles. The Bertz CT molecular complexity index is 962. The van der Waals surface area contributed by atoms with Crippen LogP contribution in [0.3, 0.4) is 0 Å². The zero-order valence-corrected chi connectivity index (χ0v) is 18.3. The van der Waals surface area contributed by atoms with E-state index in [0.29, 0.717) is 13.2 Å². The van der Waals surface area contributed by atoms with E-state index < -0.39 is 0 Å². The van der Waals surface area contributed by atoms with Crippen LogP contribution in [0.2, 0.25) is 0 Å². The molecule has 1 fully saturated rings. The number of ether oxygens (including phenoxy) is 2. The van der Waals surface area contributed by atoms with Gasteiger partial charge in [0.05, 0.1) is 12.8 Å². The number of aromatic nitrogens is 3. The molecule has 1 amide bonds. The number of para-hydroxylation sites is 1. The molecule has 0 bridgehead atoms. The standard InChI is InChI=1S/C25H30N4O3/c30-25(20-31-18-21-9-3-1-4-10-21)29-15-8-7-11-23(29)14-16-28-17-22(26-27-28)19-32-24-12-5-2-6-13-24/h1-6,9-10,12-13,17,23H,7-8,11,14-16,18-20H2. The van der Waals surface area contributed by atoms with E-state index in [1.54, 1.807) is 0 Å². The van der Waals surface area contributed by atoms with Gasteiger partial charge in [-0.3, -0.25) is 9.48 Å². The highest BCUT2D eigenvalue weighted by molar-refractivity contribution is 5.77. The minimum absolute atomic E-state index is 0.0705. The van der Waals surface area contributed by atoms with Gasteiger partial charge in [0.1, 0.15) is 24.7 Å². The van der Waals surface area contributed by atoms with Gasteiger partial charge in [-0.05, 0) is 43.4 Å². The first kappa shape index (κ1) is 22.0. The molecule has 1 aliphatic heterocycles. The Morgan fingerprint density at radius 2 is 1.78 bits per heavy atom. The van der Waals surface area contributed by atoms with Gasteiger partial charge in [0.15, 0.2) is 0 Å². The molecular formula is C25H30N4O3. The number of likely N-dealkylation sites (tertiary alicyclic amines) is 1. The van der Waals surface area contributed by atoms with E-state index in [-0.39, 0.29) is 18.6 Å². The molecule has 1 aliphatic rings. The van der Waals surface area contributed by atoms with Crippen LogP contribution < -0.4 is 4.74 Å². The van der Waals surface area contributed by atoms with Crippen LogP contribution in [-0.4, -0.2) is 45.0 Å². The highest BCUT2D eigenvalue weighted by Crippen LogP contribution is 2.21. The van der Waals surface area contributed by atoms with E-state index >= 15 is 0 Å². The normalized spacial score (nSPS) is 16.1. The number of carbonyl (C=O) groups excluding carboxylic acids is 1. The van der Waals surface area contributed by atoms with Crippen LogP contribution in [0.4, 0.5) is 0 Å². The maximum Gasteiger partial charge on any atom is 0.248 e. The third kappa shape index (κ3) is 6.40. The number of nitrogens with zero attached hydrogens (tertiary/aromatic N) is 4. The number of rotatable bonds is 10. The van der Waals surface area contributed by atoms with Gasteiger partial charge in [0.2, 0.25) is 5.91 Å². The molecule has 3 aromatic rings. The van der Waals surface area contributed by atoms with Crippen LogP contribution in [-0.2, 0) is 29.3 Å². The number of aryl methyl sites for hydroxylation is 1. The van der Waals surface area contributed by atoms with Crippen molar-refractivity contribution in [3.8, 4) is 5.75 Å². The molecule has 0 spiro atoms. The zero-order chi connectivity index (χ0) is 22.0. The van der Waals surface area contributed by atoms with Crippen molar-refractivity contribution in [1.82, 2.24) is 19.9 Å². The lowest BCUT2D eigenvalue weighted by Gasteiger charge is -2.35. The molecule has 2 heterocycles. The first-order valence-corrected chi connectivity index (χ1v) is 11.3. The van der Waals surface area contributed by atoms with E-state index in [4.69, 9.17) is 9.47 Å². The van der Waals surface area contributed by atoms with Crippen LogP contribution in [0, 0.1) is 0 Å². The summed E-state index contributed by atoms with van der Waals surface area (Å²) in [5.41, 5.74) is 1.87. The van der Waals surface area contributed by atoms with Crippen molar-refractivity contribution in [2.24, 2.45) is 0 Å². The van der Waals surface area contributed by atoms with Crippen molar-refractivity contribution in [3.63, 3.8) is 0 Å². The van der Waals surface area contributed by atoms with Crippen LogP contribution in [0.1, 0.15) is 36.9 Å². The molecule has 0 radical (unpaired) electrons. The highest BCUT2D eigenvalue weighted by Gasteiger charge is 2.26. The lowest BCUT2D eigenvalue weighted by atomic mass is 9.99. The Labute approximate surface area is 188 Å². The van der Waals surface area contributed by atoms with Gasteiger partial charge < -0.3 is 14.4 Å². The van der Waals surface area contributed by atoms with E-state index in [0.717, 1.165) is 55.8 Å². The molecule has 32 heavy (non-hydrogen) atoms. The molecule has 1 atom stereocenters. The Morgan fingerprint density at radius 1 is 1.00 bits per heavy atom. The second kappa shape index (κ2) is 11.4. The quantitative estimate of drug-likeness (QED) is 0.485. The minimum atomic E-state index is 0.0705. The Hall–Kier alpha value is -3.19. The summed E-state index contributed by atoms with van der Waals surface area (Å²) in [5.74, 6) is 0.883. The van der Waals surface area contributed by atoms with Gasteiger partial charge in [-0.25, -0.2) is 0 Å². The minimum Gasteiger partial charge on any atom is -0.487 e.